The fourth-order valence-electron chi connectivity index (χ4n) is 3.06. The van der Waals surface area contributed by atoms with Crippen LogP contribution in [0.2, 0.25) is 0 Å². The van der Waals surface area contributed by atoms with Gasteiger partial charge in [0, 0.05) is 11.6 Å². The summed E-state index contributed by atoms with van der Waals surface area (Å²) >= 11 is 1.50. The molecule has 0 fully saturated rings. The van der Waals surface area contributed by atoms with E-state index in [1.807, 2.05) is 41.2 Å². The molecule has 0 amide bonds. The van der Waals surface area contributed by atoms with E-state index >= 15 is 0 Å². The minimum absolute atomic E-state index is 0.218. The van der Waals surface area contributed by atoms with Crippen molar-refractivity contribution in [2.75, 3.05) is 34.4 Å². The van der Waals surface area contributed by atoms with Crippen LogP contribution in [0.5, 0.6) is 28.7 Å². The van der Waals surface area contributed by atoms with Crippen LogP contribution in [0, 0.1) is 0 Å². The first-order valence-electron chi connectivity index (χ1n) is 8.40. The number of ether oxygens (including phenoxy) is 5. The van der Waals surface area contributed by atoms with Gasteiger partial charge in [-0.1, -0.05) is 11.8 Å². The monoisotopic (exact) mass is 401 g/mol. The van der Waals surface area contributed by atoms with E-state index in [2.05, 4.69) is 10.2 Å². The molecule has 146 valence electrons. The van der Waals surface area contributed by atoms with Crippen molar-refractivity contribution in [3.05, 3.63) is 30.3 Å². The van der Waals surface area contributed by atoms with E-state index in [-0.39, 0.29) is 6.79 Å². The van der Waals surface area contributed by atoms with Crippen molar-refractivity contribution >= 4 is 11.8 Å². The van der Waals surface area contributed by atoms with Crippen molar-refractivity contribution < 1.29 is 23.7 Å². The molecule has 0 spiro atoms. The van der Waals surface area contributed by atoms with Crippen LogP contribution in [0.25, 0.3) is 17.1 Å². The zero-order valence-electron chi connectivity index (χ0n) is 15.9. The molecule has 8 nitrogen and oxygen atoms in total. The zero-order chi connectivity index (χ0) is 19.7. The Morgan fingerprint density at radius 3 is 2.29 bits per heavy atom. The molecule has 9 heteroatoms. The third-order valence-electron chi connectivity index (χ3n) is 4.35. The van der Waals surface area contributed by atoms with Gasteiger partial charge < -0.3 is 23.7 Å². The minimum atomic E-state index is 0.218. The highest BCUT2D eigenvalue weighted by molar-refractivity contribution is 7.98. The topological polar surface area (TPSA) is 76.9 Å². The summed E-state index contributed by atoms with van der Waals surface area (Å²) in [6.45, 7) is 0.218. The molecular formula is C19H19N3O5S. The highest BCUT2D eigenvalue weighted by atomic mass is 32.2. The SMILES string of the molecule is COc1cc(-c2nnc(SC)n2-c2ccc3c(c2)OCO3)cc(OC)c1OC. The van der Waals surface area contributed by atoms with Gasteiger partial charge in [-0.15, -0.1) is 10.2 Å². The number of nitrogens with zero attached hydrogens (tertiary/aromatic N) is 3. The zero-order valence-corrected chi connectivity index (χ0v) is 16.7. The Morgan fingerprint density at radius 2 is 1.64 bits per heavy atom. The first-order chi connectivity index (χ1) is 13.7. The summed E-state index contributed by atoms with van der Waals surface area (Å²) in [7, 11) is 4.73. The molecule has 0 aliphatic carbocycles. The van der Waals surface area contributed by atoms with E-state index in [4.69, 9.17) is 23.7 Å². The van der Waals surface area contributed by atoms with Crippen molar-refractivity contribution in [2.45, 2.75) is 5.16 Å². The van der Waals surface area contributed by atoms with E-state index < -0.39 is 0 Å². The summed E-state index contributed by atoms with van der Waals surface area (Å²) in [5.41, 5.74) is 1.64. The smallest absolute Gasteiger partial charge is 0.231 e. The number of hydrogen-bond acceptors (Lipinski definition) is 8. The van der Waals surface area contributed by atoms with Crippen LogP contribution in [0.3, 0.4) is 0 Å². The summed E-state index contributed by atoms with van der Waals surface area (Å²) in [4.78, 5) is 0. The van der Waals surface area contributed by atoms with Gasteiger partial charge in [-0.25, -0.2) is 0 Å². The van der Waals surface area contributed by atoms with Gasteiger partial charge in [0.25, 0.3) is 0 Å². The molecule has 0 saturated carbocycles. The Balaban J connectivity index is 1.89. The highest BCUT2D eigenvalue weighted by Gasteiger charge is 2.22. The van der Waals surface area contributed by atoms with Gasteiger partial charge in [0.05, 0.1) is 27.0 Å². The normalized spacial score (nSPS) is 12.1. The third-order valence-corrected chi connectivity index (χ3v) is 4.98. The number of aromatic nitrogens is 3. The fraction of sp³-hybridized carbons (Fsp3) is 0.263. The van der Waals surface area contributed by atoms with Crippen molar-refractivity contribution in [1.82, 2.24) is 14.8 Å². The largest absolute Gasteiger partial charge is 0.493 e. The van der Waals surface area contributed by atoms with Gasteiger partial charge in [-0.3, -0.25) is 4.57 Å². The summed E-state index contributed by atoms with van der Waals surface area (Å²) in [5, 5.41) is 9.47. The molecule has 1 aliphatic heterocycles. The molecule has 2 aromatic carbocycles. The molecule has 0 unspecified atom stereocenters. The lowest BCUT2D eigenvalue weighted by molar-refractivity contribution is 0.174. The average molecular weight is 401 g/mol. The number of benzene rings is 2. The number of methoxy groups -OCH3 is 3. The van der Waals surface area contributed by atoms with Gasteiger partial charge in [0.1, 0.15) is 0 Å². The molecule has 4 rings (SSSR count). The maximum Gasteiger partial charge on any atom is 0.231 e. The predicted molar refractivity (Wildman–Crippen MR) is 104 cm³/mol. The van der Waals surface area contributed by atoms with Gasteiger partial charge in [0.2, 0.25) is 12.5 Å². The van der Waals surface area contributed by atoms with Crippen LogP contribution in [0.1, 0.15) is 0 Å². The molecule has 2 heterocycles. The van der Waals surface area contributed by atoms with Crippen molar-refractivity contribution in [1.29, 1.82) is 0 Å². The summed E-state index contributed by atoms with van der Waals surface area (Å²) < 4.78 is 29.3. The van der Waals surface area contributed by atoms with Crippen LogP contribution < -0.4 is 23.7 Å². The second-order valence-electron chi connectivity index (χ2n) is 5.80. The molecule has 1 aromatic heterocycles. The Labute approximate surface area is 166 Å². The van der Waals surface area contributed by atoms with E-state index in [9.17, 15) is 0 Å². The van der Waals surface area contributed by atoms with Gasteiger partial charge >= 0.3 is 0 Å². The van der Waals surface area contributed by atoms with E-state index in [1.54, 1.807) is 21.3 Å². The molecule has 0 atom stereocenters. The molecule has 1 aliphatic rings. The van der Waals surface area contributed by atoms with Crippen LogP contribution in [-0.2, 0) is 0 Å². The van der Waals surface area contributed by atoms with Gasteiger partial charge in [0.15, 0.2) is 34.0 Å². The summed E-state index contributed by atoms with van der Waals surface area (Å²) in [6, 6.07) is 9.42. The lowest BCUT2D eigenvalue weighted by atomic mass is 10.1. The van der Waals surface area contributed by atoms with Crippen LogP contribution >= 0.6 is 11.8 Å². The first kappa shape index (κ1) is 18.3. The van der Waals surface area contributed by atoms with Crippen molar-refractivity contribution in [3.63, 3.8) is 0 Å². The Kier molecular flexibility index (Phi) is 4.91. The van der Waals surface area contributed by atoms with E-state index in [0.717, 1.165) is 22.2 Å². The van der Waals surface area contributed by atoms with Crippen LogP contribution in [-0.4, -0.2) is 49.1 Å². The molecule has 0 saturated heterocycles. The minimum Gasteiger partial charge on any atom is -0.493 e. The number of hydrogen-bond donors (Lipinski definition) is 0. The van der Waals surface area contributed by atoms with E-state index in [1.165, 1.54) is 11.8 Å². The van der Waals surface area contributed by atoms with Gasteiger partial charge in [-0.2, -0.15) is 0 Å². The molecule has 3 aromatic rings. The molecular weight excluding hydrogens is 382 g/mol. The van der Waals surface area contributed by atoms with Crippen LogP contribution in [0.15, 0.2) is 35.5 Å². The molecule has 0 radical (unpaired) electrons. The first-order valence-corrected chi connectivity index (χ1v) is 9.62. The molecule has 0 bridgehead atoms. The lowest BCUT2D eigenvalue weighted by Crippen LogP contribution is -2.01. The number of rotatable bonds is 6. The third kappa shape index (κ3) is 2.97. The maximum atomic E-state index is 5.52. The lowest BCUT2D eigenvalue weighted by Gasteiger charge is -2.15. The number of thioether (sulfide) groups is 1. The summed E-state index contributed by atoms with van der Waals surface area (Å²) in [5.74, 6) is 3.66. The van der Waals surface area contributed by atoms with Crippen LogP contribution in [0.4, 0.5) is 0 Å². The summed E-state index contributed by atoms with van der Waals surface area (Å²) in [6.07, 6.45) is 1.95. The number of fused-ring (bicyclic) bond motifs is 1. The molecule has 28 heavy (non-hydrogen) atoms. The highest BCUT2D eigenvalue weighted by Crippen LogP contribution is 2.42. The second kappa shape index (κ2) is 7.51. The van der Waals surface area contributed by atoms with E-state index in [0.29, 0.717) is 28.8 Å². The van der Waals surface area contributed by atoms with Crippen molar-refractivity contribution in [3.8, 4) is 45.8 Å². The average Bonchev–Trinajstić information content (AvgIpc) is 3.38. The maximum absolute atomic E-state index is 5.52. The standard InChI is InChI=1S/C19H19N3O5S/c1-23-15-7-11(8-16(24-2)17(15)25-3)18-20-21-19(28-4)22(18)12-5-6-13-14(9-12)27-10-26-13/h5-9H,10H2,1-4H3. The van der Waals surface area contributed by atoms with Gasteiger partial charge in [-0.05, 0) is 30.5 Å². The second-order valence-corrected chi connectivity index (χ2v) is 6.57. The molecule has 0 N–H and O–H groups in total. The fourth-order valence-corrected chi connectivity index (χ4v) is 3.55. The Hall–Kier alpha value is -3.07. The van der Waals surface area contributed by atoms with Crippen molar-refractivity contribution in [2.24, 2.45) is 0 Å². The quantitative estimate of drug-likeness (QED) is 0.582. The predicted octanol–water partition coefficient (Wildman–Crippen LogP) is 3.41. The Bertz CT molecular complexity index is 996. The Morgan fingerprint density at radius 1 is 0.929 bits per heavy atom.